The van der Waals surface area contributed by atoms with Crippen LogP contribution in [0.25, 0.3) is 0 Å². The molecule has 0 heterocycles. The first-order valence-electron chi connectivity index (χ1n) is 6.76. The van der Waals surface area contributed by atoms with Gasteiger partial charge in [-0.05, 0) is 37.5 Å². The van der Waals surface area contributed by atoms with Crippen LogP contribution in [0.1, 0.15) is 44.6 Å². The Kier molecular flexibility index (Phi) is 4.08. The van der Waals surface area contributed by atoms with Crippen molar-refractivity contribution in [1.82, 2.24) is 0 Å². The van der Waals surface area contributed by atoms with Crippen LogP contribution in [0.3, 0.4) is 0 Å². The van der Waals surface area contributed by atoms with E-state index in [0.717, 1.165) is 25.3 Å². The summed E-state index contributed by atoms with van der Waals surface area (Å²) in [5.41, 5.74) is -0.267. The van der Waals surface area contributed by atoms with Gasteiger partial charge in [0.2, 0.25) is 0 Å². The van der Waals surface area contributed by atoms with Crippen LogP contribution >= 0.6 is 0 Å². The number of carbonyl (C=O) groups is 1. The van der Waals surface area contributed by atoms with Crippen molar-refractivity contribution in [2.75, 3.05) is 6.61 Å². The Hall–Kier alpha value is -1.58. The summed E-state index contributed by atoms with van der Waals surface area (Å²) in [7, 11) is 0. The minimum atomic E-state index is -0.798. The number of phenolic OH excluding ortho intramolecular Hbond substituents is 1. The van der Waals surface area contributed by atoms with Gasteiger partial charge in [-0.1, -0.05) is 19.3 Å². The van der Waals surface area contributed by atoms with Crippen LogP contribution in [0.4, 0.5) is 4.39 Å². The van der Waals surface area contributed by atoms with Crippen molar-refractivity contribution in [1.29, 1.82) is 0 Å². The Morgan fingerprint density at radius 3 is 2.58 bits per heavy atom. The van der Waals surface area contributed by atoms with Crippen molar-refractivity contribution in [2.45, 2.75) is 44.4 Å². The fourth-order valence-electron chi connectivity index (χ4n) is 2.89. The van der Waals surface area contributed by atoms with Gasteiger partial charge in [-0.15, -0.1) is 0 Å². The second-order valence-corrected chi connectivity index (χ2v) is 5.06. The molecular formula is C15H19FO3. The molecule has 4 heteroatoms. The fourth-order valence-corrected chi connectivity index (χ4v) is 2.89. The number of hydrogen-bond acceptors (Lipinski definition) is 3. The van der Waals surface area contributed by atoms with E-state index in [-0.39, 0.29) is 11.7 Å². The summed E-state index contributed by atoms with van der Waals surface area (Å²) < 4.78 is 18.7. The highest BCUT2D eigenvalue weighted by Gasteiger charge is 2.42. The molecule has 3 nitrogen and oxygen atoms in total. The number of ether oxygens (including phenoxy) is 1. The lowest BCUT2D eigenvalue weighted by Crippen LogP contribution is -2.39. The zero-order valence-electron chi connectivity index (χ0n) is 11.1. The topological polar surface area (TPSA) is 46.5 Å². The maximum absolute atomic E-state index is 13.5. The molecule has 0 bridgehead atoms. The van der Waals surface area contributed by atoms with Crippen LogP contribution in [0.2, 0.25) is 0 Å². The van der Waals surface area contributed by atoms with Gasteiger partial charge >= 0.3 is 5.97 Å². The molecule has 1 aliphatic carbocycles. The number of phenols is 1. The Morgan fingerprint density at radius 2 is 2.00 bits per heavy atom. The molecule has 1 aliphatic rings. The molecule has 0 spiro atoms. The van der Waals surface area contributed by atoms with Crippen LogP contribution in [0.5, 0.6) is 5.75 Å². The highest BCUT2D eigenvalue weighted by Crippen LogP contribution is 2.41. The molecule has 104 valence electrons. The molecule has 0 radical (unpaired) electrons. The zero-order chi connectivity index (χ0) is 13.9. The van der Waals surface area contributed by atoms with Gasteiger partial charge in [0.25, 0.3) is 0 Å². The monoisotopic (exact) mass is 266 g/mol. The quantitative estimate of drug-likeness (QED) is 0.854. The predicted octanol–water partition coefficient (Wildman–Crippen LogP) is 3.30. The summed E-state index contributed by atoms with van der Waals surface area (Å²) in [6.45, 7) is 2.07. The largest absolute Gasteiger partial charge is 0.508 e. The van der Waals surface area contributed by atoms with E-state index in [4.69, 9.17) is 4.74 Å². The van der Waals surface area contributed by atoms with Crippen LogP contribution < -0.4 is 0 Å². The molecule has 1 aromatic carbocycles. The van der Waals surface area contributed by atoms with Gasteiger partial charge in [0.1, 0.15) is 11.6 Å². The molecular weight excluding hydrogens is 247 g/mol. The highest BCUT2D eigenvalue weighted by molar-refractivity contribution is 5.83. The minimum Gasteiger partial charge on any atom is -0.508 e. The van der Waals surface area contributed by atoms with Crippen molar-refractivity contribution >= 4 is 5.97 Å². The SMILES string of the molecule is CCOC(=O)C1(c2cc(O)cc(F)c2)CCCCC1. The second-order valence-electron chi connectivity index (χ2n) is 5.06. The number of carbonyl (C=O) groups excluding carboxylic acids is 1. The average molecular weight is 266 g/mol. The van der Waals surface area contributed by atoms with E-state index in [1.54, 1.807) is 6.92 Å². The zero-order valence-corrected chi connectivity index (χ0v) is 11.1. The molecule has 19 heavy (non-hydrogen) atoms. The normalized spacial score (nSPS) is 18.0. The number of halogens is 1. The van der Waals surface area contributed by atoms with E-state index in [1.807, 2.05) is 0 Å². The number of rotatable bonds is 3. The summed E-state index contributed by atoms with van der Waals surface area (Å²) in [6, 6.07) is 3.86. The molecule has 0 aliphatic heterocycles. The molecule has 1 aromatic rings. The number of hydrogen-bond donors (Lipinski definition) is 1. The van der Waals surface area contributed by atoms with E-state index in [1.165, 1.54) is 12.1 Å². The number of esters is 1. The van der Waals surface area contributed by atoms with E-state index < -0.39 is 11.2 Å². The average Bonchev–Trinajstić information content (AvgIpc) is 2.38. The number of benzene rings is 1. The molecule has 0 amide bonds. The summed E-state index contributed by atoms with van der Waals surface area (Å²) in [5, 5.41) is 9.56. The third-order valence-electron chi connectivity index (χ3n) is 3.81. The Bertz CT molecular complexity index is 444. The molecule has 2 rings (SSSR count). The van der Waals surface area contributed by atoms with Gasteiger partial charge in [-0.2, -0.15) is 0 Å². The van der Waals surface area contributed by atoms with Gasteiger partial charge in [0, 0.05) is 6.07 Å². The first kappa shape index (κ1) is 13.8. The molecule has 0 unspecified atom stereocenters. The smallest absolute Gasteiger partial charge is 0.316 e. The predicted molar refractivity (Wildman–Crippen MR) is 69.5 cm³/mol. The third kappa shape index (κ3) is 2.72. The lowest BCUT2D eigenvalue weighted by atomic mass is 9.69. The lowest BCUT2D eigenvalue weighted by molar-refractivity contribution is -0.151. The molecule has 1 N–H and O–H groups in total. The van der Waals surface area contributed by atoms with Gasteiger partial charge in [0.05, 0.1) is 12.0 Å². The van der Waals surface area contributed by atoms with Crippen molar-refractivity contribution in [3.05, 3.63) is 29.6 Å². The standard InChI is InChI=1S/C15H19FO3/c1-2-19-14(18)15(6-4-3-5-7-15)11-8-12(16)10-13(17)9-11/h8-10,17H,2-7H2,1H3. The molecule has 1 saturated carbocycles. The van der Waals surface area contributed by atoms with Gasteiger partial charge in [-0.25, -0.2) is 4.39 Å². The van der Waals surface area contributed by atoms with Crippen LogP contribution in [-0.4, -0.2) is 17.7 Å². The first-order chi connectivity index (χ1) is 9.08. The first-order valence-corrected chi connectivity index (χ1v) is 6.76. The summed E-state index contributed by atoms with van der Waals surface area (Å²) in [4.78, 5) is 12.3. The van der Waals surface area contributed by atoms with Gasteiger partial charge < -0.3 is 9.84 Å². The molecule has 1 fully saturated rings. The van der Waals surface area contributed by atoms with Gasteiger partial charge in [0.15, 0.2) is 0 Å². The van der Waals surface area contributed by atoms with Gasteiger partial charge in [-0.3, -0.25) is 4.79 Å². The Labute approximate surface area is 112 Å². The summed E-state index contributed by atoms with van der Waals surface area (Å²) in [5.74, 6) is -0.979. The van der Waals surface area contributed by atoms with Crippen molar-refractivity contribution in [2.24, 2.45) is 0 Å². The Morgan fingerprint density at radius 1 is 1.32 bits per heavy atom. The van der Waals surface area contributed by atoms with E-state index in [2.05, 4.69) is 0 Å². The molecule has 0 aromatic heterocycles. The van der Waals surface area contributed by atoms with Crippen molar-refractivity contribution < 1.29 is 19.0 Å². The minimum absolute atomic E-state index is 0.149. The van der Waals surface area contributed by atoms with E-state index >= 15 is 0 Å². The lowest BCUT2D eigenvalue weighted by Gasteiger charge is -2.35. The van der Waals surface area contributed by atoms with Crippen LogP contribution in [0.15, 0.2) is 18.2 Å². The number of aromatic hydroxyl groups is 1. The maximum atomic E-state index is 13.5. The maximum Gasteiger partial charge on any atom is 0.316 e. The molecule has 0 saturated heterocycles. The summed E-state index contributed by atoms with van der Waals surface area (Å²) >= 11 is 0. The Balaban J connectivity index is 2.44. The highest BCUT2D eigenvalue weighted by atomic mass is 19.1. The van der Waals surface area contributed by atoms with Crippen LogP contribution in [0, 0.1) is 5.82 Å². The second kappa shape index (κ2) is 5.59. The molecule has 0 atom stereocenters. The van der Waals surface area contributed by atoms with E-state index in [0.29, 0.717) is 25.0 Å². The third-order valence-corrected chi connectivity index (χ3v) is 3.81. The van der Waals surface area contributed by atoms with E-state index in [9.17, 15) is 14.3 Å². The van der Waals surface area contributed by atoms with Crippen LogP contribution in [-0.2, 0) is 14.9 Å². The van der Waals surface area contributed by atoms with Crippen molar-refractivity contribution in [3.63, 3.8) is 0 Å². The fraction of sp³-hybridized carbons (Fsp3) is 0.533. The summed E-state index contributed by atoms with van der Waals surface area (Å²) in [6.07, 6.45) is 4.19. The van der Waals surface area contributed by atoms with Crippen molar-refractivity contribution in [3.8, 4) is 5.75 Å².